The Morgan fingerprint density at radius 1 is 0.821 bits per heavy atom. The number of rotatable bonds is 7. The first-order valence-electron chi connectivity index (χ1n) is 13.7. The summed E-state index contributed by atoms with van der Waals surface area (Å²) in [5.41, 5.74) is 3.57. The van der Waals surface area contributed by atoms with E-state index in [2.05, 4.69) is 26.5 Å². The number of ether oxygens (including phenoxy) is 1. The lowest BCUT2D eigenvalue weighted by Gasteiger charge is -2.38. The standard InChI is InChI=1S/C31H35ClN4O3/c1-39-29-13-6-5-12-28(29)36-18-16-35(17-19-36)27-15-14-25(34-30(37)22-8-7-9-23(32)20-22)21-26(27)31(38)33-24-10-3-2-4-11-24/h5-9,12-15,20-21,24H,2-4,10-11,16-19H2,1H3,(H,33,38)(H,34,37). The molecule has 7 nitrogen and oxygen atoms in total. The van der Waals surface area contributed by atoms with Gasteiger partial charge in [0, 0.05) is 54.2 Å². The van der Waals surface area contributed by atoms with Gasteiger partial charge in [0.2, 0.25) is 0 Å². The van der Waals surface area contributed by atoms with Gasteiger partial charge in [-0.15, -0.1) is 0 Å². The van der Waals surface area contributed by atoms with Crippen LogP contribution in [0.1, 0.15) is 52.8 Å². The van der Waals surface area contributed by atoms with E-state index in [4.69, 9.17) is 16.3 Å². The monoisotopic (exact) mass is 546 g/mol. The van der Waals surface area contributed by atoms with Crippen LogP contribution < -0.4 is 25.2 Å². The Morgan fingerprint density at radius 3 is 2.26 bits per heavy atom. The largest absolute Gasteiger partial charge is 0.495 e. The highest BCUT2D eigenvalue weighted by atomic mass is 35.5. The topological polar surface area (TPSA) is 73.9 Å². The molecule has 0 unspecified atom stereocenters. The van der Waals surface area contributed by atoms with E-state index in [1.165, 1.54) is 6.42 Å². The molecule has 0 aromatic heterocycles. The zero-order valence-corrected chi connectivity index (χ0v) is 23.0. The number of anilines is 3. The number of carbonyl (C=O) groups excluding carboxylic acids is 2. The number of nitrogens with zero attached hydrogens (tertiary/aromatic N) is 2. The van der Waals surface area contributed by atoms with Crippen molar-refractivity contribution in [3.8, 4) is 5.75 Å². The van der Waals surface area contributed by atoms with E-state index in [0.717, 1.165) is 69.0 Å². The fourth-order valence-electron chi connectivity index (χ4n) is 5.49. The van der Waals surface area contributed by atoms with Crippen LogP contribution in [0.2, 0.25) is 5.02 Å². The summed E-state index contributed by atoms with van der Waals surface area (Å²) in [5, 5.41) is 6.70. The summed E-state index contributed by atoms with van der Waals surface area (Å²) in [6, 6.07) is 20.7. The van der Waals surface area contributed by atoms with Crippen molar-refractivity contribution < 1.29 is 14.3 Å². The molecule has 2 N–H and O–H groups in total. The lowest BCUT2D eigenvalue weighted by molar-refractivity contribution is 0.0927. The van der Waals surface area contributed by atoms with E-state index in [0.29, 0.717) is 21.8 Å². The number of para-hydroxylation sites is 2. The molecular formula is C31H35ClN4O3. The number of hydrogen-bond donors (Lipinski definition) is 2. The second-order valence-corrected chi connectivity index (χ2v) is 10.6. The van der Waals surface area contributed by atoms with Gasteiger partial charge in [-0.3, -0.25) is 9.59 Å². The van der Waals surface area contributed by atoms with Gasteiger partial charge in [-0.25, -0.2) is 0 Å². The van der Waals surface area contributed by atoms with E-state index in [1.807, 2.05) is 30.3 Å². The van der Waals surface area contributed by atoms with Crippen molar-refractivity contribution in [1.82, 2.24) is 5.32 Å². The van der Waals surface area contributed by atoms with Crippen LogP contribution in [-0.2, 0) is 0 Å². The minimum absolute atomic E-state index is 0.0945. The van der Waals surface area contributed by atoms with E-state index in [1.54, 1.807) is 37.4 Å². The molecule has 1 heterocycles. The minimum atomic E-state index is -0.269. The highest BCUT2D eigenvalue weighted by molar-refractivity contribution is 6.31. The summed E-state index contributed by atoms with van der Waals surface area (Å²) in [7, 11) is 1.69. The number of nitrogens with one attached hydrogen (secondary N) is 2. The van der Waals surface area contributed by atoms with E-state index < -0.39 is 0 Å². The Balaban J connectivity index is 1.36. The van der Waals surface area contributed by atoms with Crippen molar-refractivity contribution in [3.63, 3.8) is 0 Å². The second kappa shape index (κ2) is 12.4. The highest BCUT2D eigenvalue weighted by Gasteiger charge is 2.25. The maximum Gasteiger partial charge on any atom is 0.255 e. The quantitative estimate of drug-likeness (QED) is 0.381. The van der Waals surface area contributed by atoms with Gasteiger partial charge in [0.25, 0.3) is 11.8 Å². The molecular weight excluding hydrogens is 512 g/mol. The van der Waals surface area contributed by atoms with Gasteiger partial charge >= 0.3 is 0 Å². The third-order valence-electron chi connectivity index (χ3n) is 7.57. The van der Waals surface area contributed by atoms with Crippen LogP contribution in [0.25, 0.3) is 0 Å². The van der Waals surface area contributed by atoms with Crippen molar-refractivity contribution in [3.05, 3.63) is 82.9 Å². The molecule has 2 amide bonds. The maximum absolute atomic E-state index is 13.6. The van der Waals surface area contributed by atoms with Crippen molar-refractivity contribution >= 4 is 40.5 Å². The van der Waals surface area contributed by atoms with Crippen molar-refractivity contribution in [1.29, 1.82) is 0 Å². The third-order valence-corrected chi connectivity index (χ3v) is 7.81. The first kappa shape index (κ1) is 26.9. The molecule has 2 fully saturated rings. The average Bonchev–Trinajstić information content (AvgIpc) is 2.97. The average molecular weight is 547 g/mol. The number of carbonyl (C=O) groups is 2. The van der Waals surface area contributed by atoms with Crippen LogP contribution in [0, 0.1) is 0 Å². The summed E-state index contributed by atoms with van der Waals surface area (Å²) in [6.07, 6.45) is 5.50. The Morgan fingerprint density at radius 2 is 1.54 bits per heavy atom. The predicted molar refractivity (Wildman–Crippen MR) is 158 cm³/mol. The first-order valence-corrected chi connectivity index (χ1v) is 14.0. The molecule has 8 heteroatoms. The molecule has 5 rings (SSSR count). The van der Waals surface area contributed by atoms with Gasteiger partial charge in [0.05, 0.1) is 18.4 Å². The smallest absolute Gasteiger partial charge is 0.255 e. The predicted octanol–water partition coefficient (Wildman–Crippen LogP) is 5.99. The van der Waals surface area contributed by atoms with Crippen LogP contribution in [-0.4, -0.2) is 51.1 Å². The molecule has 1 saturated heterocycles. The molecule has 1 saturated carbocycles. The lowest BCUT2D eigenvalue weighted by Crippen LogP contribution is -2.47. The van der Waals surface area contributed by atoms with E-state index in [-0.39, 0.29) is 17.9 Å². The SMILES string of the molecule is COc1ccccc1N1CCN(c2ccc(NC(=O)c3cccc(Cl)c3)cc2C(=O)NC2CCCCC2)CC1. The molecule has 1 aliphatic heterocycles. The van der Waals surface area contributed by atoms with Crippen LogP contribution in [0.15, 0.2) is 66.7 Å². The molecule has 0 bridgehead atoms. The third kappa shape index (κ3) is 6.48. The maximum atomic E-state index is 13.6. The van der Waals surface area contributed by atoms with Crippen LogP contribution in [0.4, 0.5) is 17.1 Å². The summed E-state index contributed by atoms with van der Waals surface area (Å²) >= 11 is 6.08. The highest BCUT2D eigenvalue weighted by Crippen LogP contribution is 2.31. The molecule has 204 valence electrons. The molecule has 1 aliphatic carbocycles. The molecule has 2 aliphatic rings. The number of benzene rings is 3. The Kier molecular flexibility index (Phi) is 8.57. The molecule has 3 aromatic rings. The van der Waals surface area contributed by atoms with Crippen molar-refractivity contribution in [2.45, 2.75) is 38.1 Å². The second-order valence-electron chi connectivity index (χ2n) is 10.2. The summed E-state index contributed by atoms with van der Waals surface area (Å²) in [4.78, 5) is 31.1. The fourth-order valence-corrected chi connectivity index (χ4v) is 5.68. The first-order chi connectivity index (χ1) is 19.0. The summed E-state index contributed by atoms with van der Waals surface area (Å²) in [5.74, 6) is 0.496. The Bertz CT molecular complexity index is 1320. The Hall–Kier alpha value is -3.71. The van der Waals surface area contributed by atoms with E-state index in [9.17, 15) is 9.59 Å². The lowest BCUT2D eigenvalue weighted by atomic mass is 9.95. The summed E-state index contributed by atoms with van der Waals surface area (Å²) < 4.78 is 5.57. The number of hydrogen-bond acceptors (Lipinski definition) is 5. The zero-order chi connectivity index (χ0) is 27.2. The van der Waals surface area contributed by atoms with E-state index >= 15 is 0 Å². The number of piperazine rings is 1. The molecule has 0 radical (unpaired) electrons. The van der Waals surface area contributed by atoms with Gasteiger partial charge < -0.3 is 25.2 Å². The molecule has 39 heavy (non-hydrogen) atoms. The van der Waals surface area contributed by atoms with Crippen LogP contribution >= 0.6 is 11.6 Å². The van der Waals surface area contributed by atoms with Crippen molar-refractivity contribution in [2.24, 2.45) is 0 Å². The van der Waals surface area contributed by atoms with Crippen LogP contribution in [0.5, 0.6) is 5.75 Å². The molecule has 0 spiro atoms. The van der Waals surface area contributed by atoms with Gasteiger partial charge in [-0.2, -0.15) is 0 Å². The zero-order valence-electron chi connectivity index (χ0n) is 22.3. The minimum Gasteiger partial charge on any atom is -0.495 e. The van der Waals surface area contributed by atoms with Gasteiger partial charge in [0.1, 0.15) is 5.75 Å². The molecule has 3 aromatic carbocycles. The van der Waals surface area contributed by atoms with Gasteiger partial charge in [-0.1, -0.05) is 49.1 Å². The molecule has 0 atom stereocenters. The normalized spacial score (nSPS) is 16.1. The van der Waals surface area contributed by atoms with Gasteiger partial charge in [0.15, 0.2) is 0 Å². The summed E-state index contributed by atoms with van der Waals surface area (Å²) in [6.45, 7) is 3.13. The number of methoxy groups -OCH3 is 1. The van der Waals surface area contributed by atoms with Crippen molar-refractivity contribution in [2.75, 3.05) is 48.4 Å². The number of halogens is 1. The Labute approximate surface area is 235 Å². The van der Waals surface area contributed by atoms with Gasteiger partial charge in [-0.05, 0) is 61.4 Å². The fraction of sp³-hybridized carbons (Fsp3) is 0.355. The van der Waals surface area contributed by atoms with Crippen LogP contribution in [0.3, 0.4) is 0 Å². The number of amides is 2.